The van der Waals surface area contributed by atoms with Gasteiger partial charge in [0.25, 0.3) is 0 Å². The van der Waals surface area contributed by atoms with Gasteiger partial charge < -0.3 is 10.1 Å². The number of ether oxygens (including phenoxy) is 1. The minimum absolute atomic E-state index is 0.0526. The third-order valence-electron chi connectivity index (χ3n) is 3.34. The van der Waals surface area contributed by atoms with Crippen LogP contribution in [0, 0.1) is 5.92 Å². The number of hydrogen-bond donors (Lipinski definition) is 2. The zero-order valence-corrected chi connectivity index (χ0v) is 11.7. The minimum atomic E-state index is -3.73. The van der Waals surface area contributed by atoms with Gasteiger partial charge in [-0.3, -0.25) is 0 Å². The number of nitrogens with two attached hydrogens (primary N) is 1. The second-order valence-electron chi connectivity index (χ2n) is 4.84. The number of benzene rings is 1. The number of piperidine rings is 1. The van der Waals surface area contributed by atoms with Gasteiger partial charge in [0, 0.05) is 0 Å². The fourth-order valence-electron chi connectivity index (χ4n) is 2.31. The van der Waals surface area contributed by atoms with Gasteiger partial charge in [0.2, 0.25) is 10.0 Å². The molecule has 0 aliphatic carbocycles. The summed E-state index contributed by atoms with van der Waals surface area (Å²) in [4.78, 5) is 0.0526. The molecule has 3 N–H and O–H groups in total. The van der Waals surface area contributed by atoms with Crippen molar-refractivity contribution in [2.24, 2.45) is 11.1 Å². The van der Waals surface area contributed by atoms with E-state index in [0.717, 1.165) is 19.5 Å². The number of hydrogen-bond acceptors (Lipinski definition) is 4. The maximum atomic E-state index is 11.4. The number of primary sulfonamides is 1. The van der Waals surface area contributed by atoms with E-state index in [0.29, 0.717) is 18.3 Å². The van der Waals surface area contributed by atoms with Crippen molar-refractivity contribution in [3.05, 3.63) is 24.3 Å². The highest BCUT2D eigenvalue weighted by Gasteiger charge is 2.16. The van der Waals surface area contributed by atoms with Gasteiger partial charge in [0.15, 0.2) is 0 Å². The SMILES string of the molecule is NS(=O)(=O)c1ccccc1OCCC1CCCNC1. The van der Waals surface area contributed by atoms with Gasteiger partial charge in [-0.05, 0) is 50.4 Å². The molecule has 0 spiro atoms. The van der Waals surface area contributed by atoms with Crippen LogP contribution in [0.5, 0.6) is 5.75 Å². The summed E-state index contributed by atoms with van der Waals surface area (Å²) in [5.74, 6) is 0.948. The van der Waals surface area contributed by atoms with E-state index in [1.54, 1.807) is 18.2 Å². The predicted octanol–water partition coefficient (Wildman–Crippen LogP) is 1.10. The molecule has 1 heterocycles. The Bertz CT molecular complexity index is 510. The third-order valence-corrected chi connectivity index (χ3v) is 4.29. The number of sulfonamides is 1. The fraction of sp³-hybridized carbons (Fsp3) is 0.538. The van der Waals surface area contributed by atoms with Gasteiger partial charge in [-0.1, -0.05) is 12.1 Å². The predicted molar refractivity (Wildman–Crippen MR) is 73.5 cm³/mol. The number of nitrogens with one attached hydrogen (secondary N) is 1. The van der Waals surface area contributed by atoms with Crippen LogP contribution in [-0.4, -0.2) is 28.1 Å². The molecule has 1 fully saturated rings. The Balaban J connectivity index is 1.92. The third kappa shape index (κ3) is 4.19. The maximum absolute atomic E-state index is 11.4. The van der Waals surface area contributed by atoms with Crippen LogP contribution >= 0.6 is 0 Å². The largest absolute Gasteiger partial charge is 0.492 e. The molecule has 0 bridgehead atoms. The first-order chi connectivity index (χ1) is 9.07. The van der Waals surface area contributed by atoms with E-state index >= 15 is 0 Å². The molecule has 0 radical (unpaired) electrons. The molecule has 0 aromatic heterocycles. The molecule has 2 rings (SSSR count). The van der Waals surface area contributed by atoms with E-state index in [2.05, 4.69) is 5.32 Å². The summed E-state index contributed by atoms with van der Waals surface area (Å²) in [7, 11) is -3.73. The van der Waals surface area contributed by atoms with Crippen LogP contribution in [0.3, 0.4) is 0 Å². The first kappa shape index (κ1) is 14.3. The summed E-state index contributed by atoms with van der Waals surface area (Å²) in [6, 6.07) is 6.48. The topological polar surface area (TPSA) is 81.4 Å². The molecular weight excluding hydrogens is 264 g/mol. The van der Waals surface area contributed by atoms with Gasteiger partial charge in [0.05, 0.1) is 6.61 Å². The lowest BCUT2D eigenvalue weighted by atomic mass is 9.97. The molecule has 5 nitrogen and oxygen atoms in total. The van der Waals surface area contributed by atoms with Crippen molar-refractivity contribution >= 4 is 10.0 Å². The molecule has 1 atom stereocenters. The van der Waals surface area contributed by atoms with Crippen LogP contribution in [0.15, 0.2) is 29.2 Å². The normalized spacial score (nSPS) is 20.2. The van der Waals surface area contributed by atoms with Crippen molar-refractivity contribution in [3.8, 4) is 5.75 Å². The molecule has 1 aromatic rings. The number of para-hydroxylation sites is 1. The first-order valence-electron chi connectivity index (χ1n) is 6.53. The zero-order valence-electron chi connectivity index (χ0n) is 10.8. The van der Waals surface area contributed by atoms with Crippen LogP contribution in [-0.2, 0) is 10.0 Å². The second kappa shape index (κ2) is 6.36. The van der Waals surface area contributed by atoms with Gasteiger partial charge >= 0.3 is 0 Å². The average Bonchev–Trinajstić information content (AvgIpc) is 2.39. The lowest BCUT2D eigenvalue weighted by Crippen LogP contribution is -2.30. The van der Waals surface area contributed by atoms with Crippen LogP contribution in [0.2, 0.25) is 0 Å². The van der Waals surface area contributed by atoms with Gasteiger partial charge in [-0.2, -0.15) is 0 Å². The van der Waals surface area contributed by atoms with E-state index in [-0.39, 0.29) is 4.90 Å². The molecule has 106 valence electrons. The summed E-state index contributed by atoms with van der Waals surface area (Å²) >= 11 is 0. The smallest absolute Gasteiger partial charge is 0.241 e. The summed E-state index contributed by atoms with van der Waals surface area (Å²) in [6.07, 6.45) is 3.32. The van der Waals surface area contributed by atoms with E-state index in [4.69, 9.17) is 9.88 Å². The summed E-state index contributed by atoms with van der Waals surface area (Å²) in [6.45, 7) is 2.62. The molecule has 1 aliphatic rings. The van der Waals surface area contributed by atoms with Crippen LogP contribution < -0.4 is 15.2 Å². The Morgan fingerprint density at radius 3 is 2.84 bits per heavy atom. The number of rotatable bonds is 5. The Hall–Kier alpha value is -1.11. The summed E-state index contributed by atoms with van der Waals surface area (Å²) < 4.78 is 28.4. The summed E-state index contributed by atoms with van der Waals surface area (Å²) in [5, 5.41) is 8.50. The molecule has 19 heavy (non-hydrogen) atoms. The van der Waals surface area contributed by atoms with Crippen molar-refractivity contribution in [1.29, 1.82) is 0 Å². The standard InChI is InChI=1S/C13H20N2O3S/c14-19(16,17)13-6-2-1-5-12(13)18-9-7-11-4-3-8-15-10-11/h1-2,5-6,11,15H,3-4,7-10H2,(H2,14,16,17). The molecule has 0 saturated carbocycles. The molecule has 6 heteroatoms. The first-order valence-corrected chi connectivity index (χ1v) is 8.07. The summed E-state index contributed by atoms with van der Waals surface area (Å²) in [5.41, 5.74) is 0. The van der Waals surface area contributed by atoms with Crippen LogP contribution in [0.4, 0.5) is 0 Å². The molecular formula is C13H20N2O3S. The van der Waals surface area contributed by atoms with E-state index < -0.39 is 10.0 Å². The highest BCUT2D eigenvalue weighted by atomic mass is 32.2. The zero-order chi connectivity index (χ0) is 13.7. The highest BCUT2D eigenvalue weighted by molar-refractivity contribution is 7.89. The minimum Gasteiger partial charge on any atom is -0.492 e. The Morgan fingerprint density at radius 1 is 1.37 bits per heavy atom. The Kier molecular flexibility index (Phi) is 4.79. The van der Waals surface area contributed by atoms with Crippen molar-refractivity contribution < 1.29 is 13.2 Å². The van der Waals surface area contributed by atoms with E-state index in [1.807, 2.05) is 0 Å². The average molecular weight is 284 g/mol. The fourth-order valence-corrected chi connectivity index (χ4v) is 2.99. The lowest BCUT2D eigenvalue weighted by Gasteiger charge is -2.22. The lowest BCUT2D eigenvalue weighted by molar-refractivity contribution is 0.250. The van der Waals surface area contributed by atoms with Crippen LogP contribution in [0.1, 0.15) is 19.3 Å². The second-order valence-corrected chi connectivity index (χ2v) is 6.37. The molecule has 1 aliphatic heterocycles. The van der Waals surface area contributed by atoms with Crippen LogP contribution in [0.25, 0.3) is 0 Å². The molecule has 0 amide bonds. The van der Waals surface area contributed by atoms with Crippen molar-refractivity contribution in [2.75, 3.05) is 19.7 Å². The van der Waals surface area contributed by atoms with Crippen molar-refractivity contribution in [2.45, 2.75) is 24.2 Å². The molecule has 1 saturated heterocycles. The molecule has 1 unspecified atom stereocenters. The molecule has 1 aromatic carbocycles. The van der Waals surface area contributed by atoms with Crippen molar-refractivity contribution in [3.63, 3.8) is 0 Å². The highest BCUT2D eigenvalue weighted by Crippen LogP contribution is 2.23. The monoisotopic (exact) mass is 284 g/mol. The Labute approximate surface area is 114 Å². The van der Waals surface area contributed by atoms with E-state index in [1.165, 1.54) is 18.9 Å². The van der Waals surface area contributed by atoms with E-state index in [9.17, 15) is 8.42 Å². The van der Waals surface area contributed by atoms with Gasteiger partial charge in [-0.15, -0.1) is 0 Å². The Morgan fingerprint density at radius 2 is 2.16 bits per heavy atom. The van der Waals surface area contributed by atoms with Gasteiger partial charge in [0.1, 0.15) is 10.6 Å². The van der Waals surface area contributed by atoms with Crippen molar-refractivity contribution in [1.82, 2.24) is 5.32 Å². The maximum Gasteiger partial charge on any atom is 0.241 e. The van der Waals surface area contributed by atoms with Gasteiger partial charge in [-0.25, -0.2) is 13.6 Å². The quantitative estimate of drug-likeness (QED) is 0.848.